The number of hydrogen-bond donors (Lipinski definition) is 1. The Morgan fingerprint density at radius 2 is 2.12 bits per heavy atom. The van der Waals surface area contributed by atoms with Gasteiger partial charge in [-0.1, -0.05) is 33.1 Å². The van der Waals surface area contributed by atoms with Gasteiger partial charge in [0.2, 0.25) is 5.95 Å². The second-order valence-electron chi connectivity index (χ2n) is 5.28. The first kappa shape index (κ1) is 11.5. The maximum atomic E-state index is 4.42. The largest absolute Gasteiger partial charge is 0.353 e. The van der Waals surface area contributed by atoms with Crippen molar-refractivity contribution in [3.05, 3.63) is 12.4 Å². The molecule has 1 aromatic heterocycles. The van der Waals surface area contributed by atoms with E-state index in [4.69, 9.17) is 0 Å². The van der Waals surface area contributed by atoms with E-state index in [9.17, 15) is 0 Å². The van der Waals surface area contributed by atoms with Crippen LogP contribution in [0.2, 0.25) is 0 Å². The van der Waals surface area contributed by atoms with Gasteiger partial charge in [0.25, 0.3) is 0 Å². The Hall–Kier alpha value is -0.990. The summed E-state index contributed by atoms with van der Waals surface area (Å²) in [5, 5.41) is 3.59. The Labute approximate surface area is 98.3 Å². The number of anilines is 1. The van der Waals surface area contributed by atoms with Crippen LogP contribution in [0.5, 0.6) is 0 Å². The fraction of sp³-hybridized carbons (Fsp3) is 0.769. The Morgan fingerprint density at radius 3 is 2.81 bits per heavy atom. The van der Waals surface area contributed by atoms with E-state index in [1.54, 1.807) is 0 Å². The normalized spacial score (nSPS) is 17.9. The minimum absolute atomic E-state index is 0.641. The molecular formula is C13H23N3. The lowest BCUT2D eigenvalue weighted by Gasteiger charge is -2.24. The molecule has 16 heavy (non-hydrogen) atoms. The second kappa shape index (κ2) is 5.37. The summed E-state index contributed by atoms with van der Waals surface area (Å²) in [7, 11) is 0. The van der Waals surface area contributed by atoms with Crippen molar-refractivity contribution in [1.29, 1.82) is 0 Å². The Bertz CT molecular complexity index is 311. The van der Waals surface area contributed by atoms with E-state index in [0.29, 0.717) is 12.0 Å². The lowest BCUT2D eigenvalue weighted by Crippen LogP contribution is -2.24. The molecule has 3 nitrogen and oxygen atoms in total. The van der Waals surface area contributed by atoms with Gasteiger partial charge >= 0.3 is 0 Å². The molecule has 3 heteroatoms. The molecule has 0 spiro atoms. The zero-order valence-electron chi connectivity index (χ0n) is 10.4. The molecule has 0 radical (unpaired) electrons. The topological polar surface area (TPSA) is 29.9 Å². The van der Waals surface area contributed by atoms with E-state index in [-0.39, 0.29) is 0 Å². The van der Waals surface area contributed by atoms with Crippen LogP contribution in [0.1, 0.15) is 46.0 Å². The van der Waals surface area contributed by atoms with Gasteiger partial charge in [0, 0.05) is 25.0 Å². The van der Waals surface area contributed by atoms with Crippen LogP contribution < -0.4 is 5.32 Å². The number of nitrogens with zero attached hydrogens (tertiary/aromatic N) is 2. The first-order valence-electron chi connectivity index (χ1n) is 6.53. The highest BCUT2D eigenvalue weighted by Crippen LogP contribution is 2.21. The minimum atomic E-state index is 0.641. The van der Waals surface area contributed by atoms with Crippen LogP contribution in [0, 0.1) is 5.92 Å². The molecule has 0 saturated heterocycles. The van der Waals surface area contributed by atoms with Crippen molar-refractivity contribution in [3.8, 4) is 0 Å². The summed E-state index contributed by atoms with van der Waals surface area (Å²) in [6.45, 7) is 5.53. The average Bonchev–Trinajstić information content (AvgIpc) is 2.66. The molecule has 90 valence electrons. The molecule has 0 amide bonds. The molecule has 2 rings (SSSR count). The molecule has 1 heterocycles. The van der Waals surface area contributed by atoms with E-state index >= 15 is 0 Å². The van der Waals surface area contributed by atoms with E-state index in [1.807, 2.05) is 6.20 Å². The molecule has 0 atom stereocenters. The highest BCUT2D eigenvalue weighted by atomic mass is 15.2. The smallest absolute Gasteiger partial charge is 0.202 e. The summed E-state index contributed by atoms with van der Waals surface area (Å²) < 4.78 is 2.24. The molecule has 1 N–H and O–H groups in total. The highest BCUT2D eigenvalue weighted by Gasteiger charge is 2.15. The Balaban J connectivity index is 1.94. The molecule has 1 fully saturated rings. The standard InChI is InChI=1S/C13H23N3/c1-11(2)10-16-9-8-14-13(16)15-12-6-4-3-5-7-12/h8-9,11-12H,3-7,10H2,1-2H3,(H,14,15). The third kappa shape index (κ3) is 3.00. The third-order valence-corrected chi connectivity index (χ3v) is 3.22. The van der Waals surface area contributed by atoms with Gasteiger partial charge in [-0.2, -0.15) is 0 Å². The van der Waals surface area contributed by atoms with E-state index in [2.05, 4.69) is 34.9 Å². The number of hydrogen-bond acceptors (Lipinski definition) is 2. The van der Waals surface area contributed by atoms with Crippen molar-refractivity contribution >= 4 is 5.95 Å². The first-order chi connectivity index (χ1) is 7.75. The van der Waals surface area contributed by atoms with Crippen molar-refractivity contribution < 1.29 is 0 Å². The molecule has 0 bridgehead atoms. The van der Waals surface area contributed by atoms with Gasteiger partial charge in [0.05, 0.1) is 0 Å². The van der Waals surface area contributed by atoms with Crippen molar-refractivity contribution in [2.45, 2.75) is 58.5 Å². The second-order valence-corrected chi connectivity index (χ2v) is 5.28. The van der Waals surface area contributed by atoms with Crippen LogP contribution in [0.4, 0.5) is 5.95 Å². The van der Waals surface area contributed by atoms with Crippen LogP contribution in [-0.4, -0.2) is 15.6 Å². The molecule has 0 aliphatic heterocycles. The Kier molecular flexibility index (Phi) is 3.86. The summed E-state index contributed by atoms with van der Waals surface area (Å²) in [5.74, 6) is 1.72. The lowest BCUT2D eigenvalue weighted by molar-refractivity contribution is 0.455. The summed E-state index contributed by atoms with van der Waals surface area (Å²) in [5.41, 5.74) is 0. The van der Waals surface area contributed by atoms with E-state index in [0.717, 1.165) is 12.5 Å². The molecular weight excluding hydrogens is 198 g/mol. The van der Waals surface area contributed by atoms with E-state index < -0.39 is 0 Å². The molecule has 1 aliphatic carbocycles. The SMILES string of the molecule is CC(C)Cn1ccnc1NC1CCCCC1. The van der Waals surface area contributed by atoms with Gasteiger partial charge in [-0.3, -0.25) is 0 Å². The van der Waals surface area contributed by atoms with Crippen LogP contribution in [0.15, 0.2) is 12.4 Å². The number of imidazole rings is 1. The zero-order chi connectivity index (χ0) is 11.4. The third-order valence-electron chi connectivity index (χ3n) is 3.22. The first-order valence-corrected chi connectivity index (χ1v) is 6.53. The molecule has 1 saturated carbocycles. The van der Waals surface area contributed by atoms with Gasteiger partial charge in [-0.15, -0.1) is 0 Å². The maximum absolute atomic E-state index is 4.42. The van der Waals surface area contributed by atoms with Gasteiger partial charge in [0.15, 0.2) is 0 Å². The maximum Gasteiger partial charge on any atom is 0.202 e. The highest BCUT2D eigenvalue weighted by molar-refractivity contribution is 5.27. The number of nitrogens with one attached hydrogen (secondary N) is 1. The number of rotatable bonds is 4. The van der Waals surface area contributed by atoms with Crippen LogP contribution in [-0.2, 0) is 6.54 Å². The monoisotopic (exact) mass is 221 g/mol. The summed E-state index contributed by atoms with van der Waals surface area (Å²) >= 11 is 0. The van der Waals surface area contributed by atoms with Gasteiger partial charge in [-0.05, 0) is 18.8 Å². The van der Waals surface area contributed by atoms with Crippen molar-refractivity contribution in [2.75, 3.05) is 5.32 Å². The van der Waals surface area contributed by atoms with Crippen LogP contribution in [0.25, 0.3) is 0 Å². The summed E-state index contributed by atoms with van der Waals surface area (Å²) in [6, 6.07) is 0.641. The quantitative estimate of drug-likeness (QED) is 0.845. The van der Waals surface area contributed by atoms with Crippen molar-refractivity contribution in [3.63, 3.8) is 0 Å². The van der Waals surface area contributed by atoms with Crippen molar-refractivity contribution in [1.82, 2.24) is 9.55 Å². The van der Waals surface area contributed by atoms with Crippen LogP contribution >= 0.6 is 0 Å². The van der Waals surface area contributed by atoms with Gasteiger partial charge < -0.3 is 9.88 Å². The van der Waals surface area contributed by atoms with Crippen molar-refractivity contribution in [2.24, 2.45) is 5.92 Å². The molecule has 1 aromatic rings. The summed E-state index contributed by atoms with van der Waals surface area (Å²) in [4.78, 5) is 4.42. The van der Waals surface area contributed by atoms with Gasteiger partial charge in [0.1, 0.15) is 0 Å². The predicted molar refractivity (Wildman–Crippen MR) is 67.6 cm³/mol. The summed E-state index contributed by atoms with van der Waals surface area (Å²) in [6.07, 6.45) is 10.7. The lowest BCUT2D eigenvalue weighted by atomic mass is 9.96. The predicted octanol–water partition coefficient (Wildman–Crippen LogP) is 3.28. The fourth-order valence-corrected chi connectivity index (χ4v) is 2.42. The minimum Gasteiger partial charge on any atom is -0.353 e. The molecule has 1 aliphatic rings. The fourth-order valence-electron chi connectivity index (χ4n) is 2.42. The van der Waals surface area contributed by atoms with Gasteiger partial charge in [-0.25, -0.2) is 4.98 Å². The number of aromatic nitrogens is 2. The van der Waals surface area contributed by atoms with E-state index in [1.165, 1.54) is 32.1 Å². The molecule has 0 unspecified atom stereocenters. The molecule has 0 aromatic carbocycles. The zero-order valence-corrected chi connectivity index (χ0v) is 10.4. The Morgan fingerprint density at radius 1 is 1.38 bits per heavy atom. The van der Waals surface area contributed by atoms with Crippen LogP contribution in [0.3, 0.4) is 0 Å². The average molecular weight is 221 g/mol.